The van der Waals surface area contributed by atoms with Crippen LogP contribution < -0.4 is 15.4 Å². The minimum absolute atomic E-state index is 0.0574. The average Bonchev–Trinajstić information content (AvgIpc) is 2.54. The van der Waals surface area contributed by atoms with Crippen molar-refractivity contribution in [3.8, 4) is 5.88 Å². The molecule has 0 radical (unpaired) electrons. The van der Waals surface area contributed by atoms with E-state index in [1.807, 2.05) is 26.0 Å². The van der Waals surface area contributed by atoms with Gasteiger partial charge in [0.2, 0.25) is 5.88 Å². The van der Waals surface area contributed by atoms with Gasteiger partial charge in [0.25, 0.3) is 0 Å². The van der Waals surface area contributed by atoms with Crippen LogP contribution in [0.25, 0.3) is 0 Å². The standard InChI is InChI=1S/C17H28N4O2/c1-14(2)23-16-15(7-6-8-18-16)13-20-17(22)19-9-12-21-10-4-3-5-11-21/h6-8,14H,3-5,9-13H2,1-2H3,(H2,19,20,22). The summed E-state index contributed by atoms with van der Waals surface area (Å²) in [7, 11) is 0. The molecule has 1 saturated heterocycles. The second-order valence-corrected chi connectivity index (χ2v) is 6.15. The Balaban J connectivity index is 1.69. The molecule has 23 heavy (non-hydrogen) atoms. The minimum Gasteiger partial charge on any atom is -0.475 e. The van der Waals surface area contributed by atoms with Crippen molar-refractivity contribution in [3.05, 3.63) is 23.9 Å². The zero-order valence-corrected chi connectivity index (χ0v) is 14.2. The number of amides is 2. The Hall–Kier alpha value is -1.82. The number of nitrogens with zero attached hydrogens (tertiary/aromatic N) is 2. The smallest absolute Gasteiger partial charge is 0.315 e. The SMILES string of the molecule is CC(C)Oc1ncccc1CNC(=O)NCCN1CCCCC1. The van der Waals surface area contributed by atoms with E-state index in [4.69, 9.17) is 4.74 Å². The summed E-state index contributed by atoms with van der Waals surface area (Å²) in [6.07, 6.45) is 5.62. The number of aromatic nitrogens is 1. The summed E-state index contributed by atoms with van der Waals surface area (Å²) in [5.74, 6) is 0.580. The number of nitrogens with one attached hydrogen (secondary N) is 2. The van der Waals surface area contributed by atoms with E-state index in [9.17, 15) is 4.79 Å². The molecule has 0 aliphatic carbocycles. The van der Waals surface area contributed by atoms with Crippen LogP contribution in [-0.4, -0.2) is 48.2 Å². The zero-order chi connectivity index (χ0) is 16.5. The zero-order valence-electron chi connectivity index (χ0n) is 14.2. The molecule has 2 heterocycles. The Kier molecular flexibility index (Phi) is 7.13. The Labute approximate surface area is 138 Å². The summed E-state index contributed by atoms with van der Waals surface area (Å²) >= 11 is 0. The fourth-order valence-corrected chi connectivity index (χ4v) is 2.64. The molecule has 0 unspecified atom stereocenters. The first kappa shape index (κ1) is 17.5. The number of pyridine rings is 1. The maximum Gasteiger partial charge on any atom is 0.315 e. The minimum atomic E-state index is -0.152. The molecule has 0 atom stereocenters. The van der Waals surface area contributed by atoms with Gasteiger partial charge in [-0.1, -0.05) is 12.5 Å². The molecule has 6 nitrogen and oxygen atoms in total. The van der Waals surface area contributed by atoms with E-state index < -0.39 is 0 Å². The van der Waals surface area contributed by atoms with Crippen molar-refractivity contribution in [2.75, 3.05) is 26.2 Å². The van der Waals surface area contributed by atoms with Crippen molar-refractivity contribution in [2.24, 2.45) is 0 Å². The third kappa shape index (κ3) is 6.44. The largest absolute Gasteiger partial charge is 0.475 e. The fraction of sp³-hybridized carbons (Fsp3) is 0.647. The first-order chi connectivity index (χ1) is 11.1. The van der Waals surface area contributed by atoms with Crippen LogP contribution in [0.4, 0.5) is 4.79 Å². The molecule has 1 aliphatic rings. The lowest BCUT2D eigenvalue weighted by molar-refractivity contribution is 0.219. The first-order valence-corrected chi connectivity index (χ1v) is 8.50. The predicted octanol–water partition coefficient (Wildman–Crippen LogP) is 2.15. The van der Waals surface area contributed by atoms with Gasteiger partial charge in [0.15, 0.2) is 0 Å². The highest BCUT2D eigenvalue weighted by Crippen LogP contribution is 2.15. The van der Waals surface area contributed by atoms with Gasteiger partial charge in [0.05, 0.1) is 6.10 Å². The fourth-order valence-electron chi connectivity index (χ4n) is 2.64. The highest BCUT2D eigenvalue weighted by atomic mass is 16.5. The van der Waals surface area contributed by atoms with Crippen molar-refractivity contribution in [1.82, 2.24) is 20.5 Å². The molecule has 6 heteroatoms. The number of rotatable bonds is 7. The molecular formula is C17H28N4O2. The molecule has 0 bridgehead atoms. The summed E-state index contributed by atoms with van der Waals surface area (Å²) in [4.78, 5) is 18.5. The van der Waals surface area contributed by atoms with E-state index in [2.05, 4.69) is 20.5 Å². The Morgan fingerprint density at radius 1 is 1.30 bits per heavy atom. The van der Waals surface area contributed by atoms with E-state index in [1.54, 1.807) is 6.20 Å². The average molecular weight is 320 g/mol. The number of likely N-dealkylation sites (tertiary alicyclic amines) is 1. The molecule has 1 aliphatic heterocycles. The van der Waals surface area contributed by atoms with Crippen molar-refractivity contribution in [1.29, 1.82) is 0 Å². The van der Waals surface area contributed by atoms with Gasteiger partial charge in [-0.3, -0.25) is 0 Å². The van der Waals surface area contributed by atoms with Crippen LogP contribution in [0, 0.1) is 0 Å². The van der Waals surface area contributed by atoms with Gasteiger partial charge < -0.3 is 20.3 Å². The molecule has 128 valence electrons. The number of hydrogen-bond donors (Lipinski definition) is 2. The Morgan fingerprint density at radius 3 is 2.83 bits per heavy atom. The summed E-state index contributed by atoms with van der Waals surface area (Å²) in [5, 5.41) is 5.77. The number of piperidine rings is 1. The maximum absolute atomic E-state index is 11.9. The monoisotopic (exact) mass is 320 g/mol. The molecule has 2 rings (SSSR count). The molecule has 0 aromatic carbocycles. The molecule has 1 fully saturated rings. The van der Waals surface area contributed by atoms with Crippen LogP contribution in [0.1, 0.15) is 38.7 Å². The predicted molar refractivity (Wildman–Crippen MR) is 90.5 cm³/mol. The number of carbonyl (C=O) groups excluding carboxylic acids is 1. The quantitative estimate of drug-likeness (QED) is 0.808. The van der Waals surface area contributed by atoms with Gasteiger partial charge in [-0.15, -0.1) is 0 Å². The van der Waals surface area contributed by atoms with Crippen LogP contribution in [0.3, 0.4) is 0 Å². The Morgan fingerprint density at radius 2 is 2.09 bits per heavy atom. The van der Waals surface area contributed by atoms with Crippen LogP contribution in [-0.2, 0) is 6.54 Å². The van der Waals surface area contributed by atoms with Crippen LogP contribution >= 0.6 is 0 Å². The molecule has 1 aromatic rings. The van der Waals surface area contributed by atoms with Crippen LogP contribution in [0.15, 0.2) is 18.3 Å². The second-order valence-electron chi connectivity index (χ2n) is 6.15. The number of carbonyl (C=O) groups is 1. The summed E-state index contributed by atoms with van der Waals surface area (Å²) in [5.41, 5.74) is 0.882. The van der Waals surface area contributed by atoms with E-state index in [-0.39, 0.29) is 12.1 Å². The lowest BCUT2D eigenvalue weighted by Crippen LogP contribution is -2.41. The van der Waals surface area contributed by atoms with Gasteiger partial charge in [-0.25, -0.2) is 9.78 Å². The van der Waals surface area contributed by atoms with Gasteiger partial charge in [-0.05, 0) is 45.8 Å². The van der Waals surface area contributed by atoms with Crippen molar-refractivity contribution < 1.29 is 9.53 Å². The third-order valence-electron chi connectivity index (χ3n) is 3.80. The van der Waals surface area contributed by atoms with E-state index in [0.717, 1.165) is 25.2 Å². The summed E-state index contributed by atoms with van der Waals surface area (Å²) < 4.78 is 5.65. The van der Waals surface area contributed by atoms with E-state index in [0.29, 0.717) is 19.0 Å². The van der Waals surface area contributed by atoms with E-state index in [1.165, 1.54) is 19.3 Å². The normalized spacial score (nSPS) is 15.4. The Bertz CT molecular complexity index is 487. The molecule has 2 amide bonds. The number of urea groups is 1. The molecule has 0 spiro atoms. The van der Waals surface area contributed by atoms with Crippen LogP contribution in [0.2, 0.25) is 0 Å². The van der Waals surface area contributed by atoms with Crippen molar-refractivity contribution >= 4 is 6.03 Å². The lowest BCUT2D eigenvalue weighted by Gasteiger charge is -2.26. The summed E-state index contributed by atoms with van der Waals surface area (Å²) in [6.45, 7) is 8.21. The number of hydrogen-bond acceptors (Lipinski definition) is 4. The van der Waals surface area contributed by atoms with Gasteiger partial charge in [0, 0.05) is 31.4 Å². The molecule has 2 N–H and O–H groups in total. The van der Waals surface area contributed by atoms with Crippen LogP contribution in [0.5, 0.6) is 5.88 Å². The highest BCUT2D eigenvalue weighted by molar-refractivity contribution is 5.73. The molecule has 0 saturated carbocycles. The van der Waals surface area contributed by atoms with Gasteiger partial charge in [-0.2, -0.15) is 0 Å². The summed E-state index contributed by atoms with van der Waals surface area (Å²) in [6, 6.07) is 3.61. The second kappa shape index (κ2) is 9.35. The molecular weight excluding hydrogens is 292 g/mol. The first-order valence-electron chi connectivity index (χ1n) is 8.50. The number of ether oxygens (including phenoxy) is 1. The van der Waals surface area contributed by atoms with Crippen molar-refractivity contribution in [2.45, 2.75) is 45.8 Å². The lowest BCUT2D eigenvalue weighted by atomic mass is 10.1. The van der Waals surface area contributed by atoms with E-state index >= 15 is 0 Å². The maximum atomic E-state index is 11.9. The van der Waals surface area contributed by atoms with Gasteiger partial charge >= 0.3 is 6.03 Å². The van der Waals surface area contributed by atoms with Gasteiger partial charge in [0.1, 0.15) is 0 Å². The van der Waals surface area contributed by atoms with Crippen molar-refractivity contribution in [3.63, 3.8) is 0 Å². The highest BCUT2D eigenvalue weighted by Gasteiger charge is 2.11. The molecule has 1 aromatic heterocycles. The third-order valence-corrected chi connectivity index (χ3v) is 3.80. The topological polar surface area (TPSA) is 66.5 Å².